The van der Waals surface area contributed by atoms with Crippen molar-refractivity contribution < 1.29 is 0 Å². The van der Waals surface area contributed by atoms with Gasteiger partial charge in [0.15, 0.2) is 0 Å². The van der Waals surface area contributed by atoms with Crippen LogP contribution in [0.2, 0.25) is 0 Å². The lowest BCUT2D eigenvalue weighted by molar-refractivity contribution is 0.427. The minimum Gasteiger partial charge on any atom is -0.384 e. The minimum absolute atomic E-state index is 0.718. The van der Waals surface area contributed by atoms with Crippen LogP contribution < -0.4 is 5.32 Å². The van der Waals surface area contributed by atoms with Gasteiger partial charge in [-0.05, 0) is 30.9 Å². The zero-order chi connectivity index (χ0) is 13.8. The fourth-order valence-corrected chi connectivity index (χ4v) is 3.46. The summed E-state index contributed by atoms with van der Waals surface area (Å²) in [7, 11) is 0. The molecule has 1 aliphatic rings. The first-order valence-corrected chi connectivity index (χ1v) is 7.98. The molecule has 2 atom stereocenters. The highest BCUT2D eigenvalue weighted by Crippen LogP contribution is 2.40. The van der Waals surface area contributed by atoms with Gasteiger partial charge in [0.05, 0.1) is 0 Å². The lowest BCUT2D eigenvalue weighted by atomic mass is 9.84. The van der Waals surface area contributed by atoms with Crippen molar-refractivity contribution >= 4 is 5.69 Å². The van der Waals surface area contributed by atoms with Crippen LogP contribution in [0, 0.1) is 19.8 Å². The monoisotopic (exact) mass is 259 g/mol. The van der Waals surface area contributed by atoms with Crippen LogP contribution in [0.3, 0.4) is 0 Å². The molecule has 2 unspecified atom stereocenters. The first-order chi connectivity index (χ1) is 9.13. The predicted octanol–water partition coefficient (Wildman–Crippen LogP) is 5.42. The number of aryl methyl sites for hydroxylation is 2. The van der Waals surface area contributed by atoms with Crippen LogP contribution in [0.1, 0.15) is 68.6 Å². The fourth-order valence-electron chi connectivity index (χ4n) is 3.46. The Hall–Kier alpha value is -0.980. The largest absolute Gasteiger partial charge is 0.384 e. The molecule has 1 aliphatic heterocycles. The molecular formula is C18H29N. The van der Waals surface area contributed by atoms with Crippen molar-refractivity contribution in [1.29, 1.82) is 0 Å². The number of fused-ring (bicyclic) bond motifs is 1. The van der Waals surface area contributed by atoms with Gasteiger partial charge in [0.25, 0.3) is 0 Å². The molecule has 1 N–H and O–H groups in total. The highest BCUT2D eigenvalue weighted by atomic mass is 14.9. The molecule has 0 aromatic heterocycles. The molecule has 19 heavy (non-hydrogen) atoms. The number of hydrogen-bond donors (Lipinski definition) is 1. The summed E-state index contributed by atoms with van der Waals surface area (Å²) in [6, 6.07) is 4.69. The normalized spacial score (nSPS) is 19.1. The standard InChI is InChI=1S/C18H29N/c1-5-6-7-8-9-14(3)17-12-19-18-15(4)10-13(2)11-16(17)18/h10-11,14,17,19H,5-9,12H2,1-4H3. The molecule has 0 spiro atoms. The van der Waals surface area contributed by atoms with Crippen LogP contribution in [0.5, 0.6) is 0 Å². The van der Waals surface area contributed by atoms with E-state index in [0.29, 0.717) is 0 Å². The summed E-state index contributed by atoms with van der Waals surface area (Å²) in [6.45, 7) is 10.3. The molecule has 0 saturated carbocycles. The molecule has 1 aromatic carbocycles. The molecule has 1 aromatic rings. The smallest absolute Gasteiger partial charge is 0.0406 e. The summed E-state index contributed by atoms with van der Waals surface area (Å²) in [5, 5.41) is 3.63. The lowest BCUT2D eigenvalue weighted by Gasteiger charge is -2.20. The number of unbranched alkanes of at least 4 members (excludes halogenated alkanes) is 3. The van der Waals surface area contributed by atoms with E-state index in [2.05, 4.69) is 45.1 Å². The van der Waals surface area contributed by atoms with Crippen molar-refractivity contribution in [3.63, 3.8) is 0 Å². The molecule has 106 valence electrons. The van der Waals surface area contributed by atoms with E-state index in [1.807, 2.05) is 0 Å². The third-order valence-corrected chi connectivity index (χ3v) is 4.61. The van der Waals surface area contributed by atoms with Gasteiger partial charge in [0, 0.05) is 18.2 Å². The van der Waals surface area contributed by atoms with E-state index in [1.165, 1.54) is 48.9 Å². The molecular weight excluding hydrogens is 230 g/mol. The summed E-state index contributed by atoms with van der Waals surface area (Å²) in [6.07, 6.45) is 6.90. The van der Waals surface area contributed by atoms with Crippen LogP contribution >= 0.6 is 0 Å². The number of hydrogen-bond acceptors (Lipinski definition) is 1. The first kappa shape index (κ1) is 14.4. The van der Waals surface area contributed by atoms with Gasteiger partial charge >= 0.3 is 0 Å². The second-order valence-electron chi connectivity index (χ2n) is 6.36. The molecule has 2 rings (SSSR count). The molecule has 0 radical (unpaired) electrons. The van der Waals surface area contributed by atoms with Crippen molar-refractivity contribution in [2.45, 2.75) is 65.7 Å². The maximum atomic E-state index is 3.63. The summed E-state index contributed by atoms with van der Waals surface area (Å²) in [5.41, 5.74) is 5.80. The number of benzene rings is 1. The molecule has 1 heterocycles. The Morgan fingerprint density at radius 3 is 2.74 bits per heavy atom. The Balaban J connectivity index is 2.01. The van der Waals surface area contributed by atoms with E-state index in [4.69, 9.17) is 0 Å². The van der Waals surface area contributed by atoms with Gasteiger partial charge in [0.1, 0.15) is 0 Å². The van der Waals surface area contributed by atoms with Gasteiger partial charge in [-0.25, -0.2) is 0 Å². The second-order valence-corrected chi connectivity index (χ2v) is 6.36. The van der Waals surface area contributed by atoms with Gasteiger partial charge in [-0.2, -0.15) is 0 Å². The number of anilines is 1. The Labute approximate surface area is 118 Å². The van der Waals surface area contributed by atoms with E-state index in [9.17, 15) is 0 Å². The van der Waals surface area contributed by atoms with Crippen LogP contribution in [-0.4, -0.2) is 6.54 Å². The van der Waals surface area contributed by atoms with Gasteiger partial charge < -0.3 is 5.32 Å². The zero-order valence-electron chi connectivity index (χ0n) is 13.1. The van der Waals surface area contributed by atoms with Crippen LogP contribution in [0.15, 0.2) is 12.1 Å². The number of rotatable bonds is 6. The highest BCUT2D eigenvalue weighted by Gasteiger charge is 2.27. The summed E-state index contributed by atoms with van der Waals surface area (Å²) < 4.78 is 0. The molecule has 0 amide bonds. The third-order valence-electron chi connectivity index (χ3n) is 4.61. The van der Waals surface area contributed by atoms with Gasteiger partial charge in [-0.3, -0.25) is 0 Å². The van der Waals surface area contributed by atoms with Crippen LogP contribution in [0.4, 0.5) is 5.69 Å². The second kappa shape index (κ2) is 6.45. The SMILES string of the molecule is CCCCCCC(C)C1CNc2c(C)cc(C)cc21. The quantitative estimate of drug-likeness (QED) is 0.673. The summed E-state index contributed by atoms with van der Waals surface area (Å²) in [5.74, 6) is 1.52. The van der Waals surface area contributed by atoms with E-state index in [1.54, 1.807) is 5.56 Å². The summed E-state index contributed by atoms with van der Waals surface area (Å²) >= 11 is 0. The fraction of sp³-hybridized carbons (Fsp3) is 0.667. The zero-order valence-corrected chi connectivity index (χ0v) is 13.1. The Morgan fingerprint density at radius 2 is 2.00 bits per heavy atom. The topological polar surface area (TPSA) is 12.0 Å². The average Bonchev–Trinajstić information content (AvgIpc) is 2.78. The van der Waals surface area contributed by atoms with E-state index >= 15 is 0 Å². The van der Waals surface area contributed by atoms with Crippen LogP contribution in [0.25, 0.3) is 0 Å². The molecule has 0 fully saturated rings. The van der Waals surface area contributed by atoms with E-state index in [0.717, 1.165) is 18.4 Å². The third kappa shape index (κ3) is 3.32. The predicted molar refractivity (Wildman–Crippen MR) is 85.1 cm³/mol. The molecule has 0 saturated heterocycles. The molecule has 1 nitrogen and oxygen atoms in total. The Kier molecular flexibility index (Phi) is 4.90. The van der Waals surface area contributed by atoms with Gasteiger partial charge in [0.2, 0.25) is 0 Å². The number of nitrogens with one attached hydrogen (secondary N) is 1. The molecule has 0 aliphatic carbocycles. The van der Waals surface area contributed by atoms with Gasteiger partial charge in [-0.15, -0.1) is 0 Å². The van der Waals surface area contributed by atoms with Crippen molar-refractivity contribution in [2.75, 3.05) is 11.9 Å². The minimum atomic E-state index is 0.718. The Bertz CT molecular complexity index is 422. The van der Waals surface area contributed by atoms with Gasteiger partial charge in [-0.1, -0.05) is 63.6 Å². The van der Waals surface area contributed by atoms with Crippen molar-refractivity contribution in [3.05, 3.63) is 28.8 Å². The van der Waals surface area contributed by atoms with E-state index in [-0.39, 0.29) is 0 Å². The first-order valence-electron chi connectivity index (χ1n) is 7.98. The molecule has 0 bridgehead atoms. The van der Waals surface area contributed by atoms with Crippen molar-refractivity contribution in [1.82, 2.24) is 0 Å². The average molecular weight is 259 g/mol. The molecule has 1 heteroatoms. The van der Waals surface area contributed by atoms with E-state index < -0.39 is 0 Å². The van der Waals surface area contributed by atoms with Crippen LogP contribution in [-0.2, 0) is 0 Å². The van der Waals surface area contributed by atoms with Crippen molar-refractivity contribution in [3.8, 4) is 0 Å². The van der Waals surface area contributed by atoms with Crippen molar-refractivity contribution in [2.24, 2.45) is 5.92 Å². The maximum Gasteiger partial charge on any atom is 0.0406 e. The maximum absolute atomic E-state index is 3.63. The summed E-state index contributed by atoms with van der Waals surface area (Å²) in [4.78, 5) is 0. The Morgan fingerprint density at radius 1 is 1.21 bits per heavy atom. The highest BCUT2D eigenvalue weighted by molar-refractivity contribution is 5.64. The lowest BCUT2D eigenvalue weighted by Crippen LogP contribution is -2.12.